The number of ether oxygens (including phenoxy) is 1. The molecule has 3 aromatic rings. The zero-order chi connectivity index (χ0) is 16.2. The molecule has 0 radical (unpaired) electrons. The fourth-order valence-electron chi connectivity index (χ4n) is 3.29. The molecule has 0 bridgehead atoms. The van der Waals surface area contributed by atoms with Gasteiger partial charge in [0.2, 0.25) is 0 Å². The molecule has 0 spiro atoms. The average Bonchev–Trinajstić information content (AvgIpc) is 2.64. The van der Waals surface area contributed by atoms with E-state index >= 15 is 0 Å². The van der Waals surface area contributed by atoms with Gasteiger partial charge in [-0.2, -0.15) is 0 Å². The Morgan fingerprint density at radius 3 is 2.50 bits per heavy atom. The van der Waals surface area contributed by atoms with Crippen molar-refractivity contribution in [1.82, 2.24) is 4.90 Å². The molecule has 24 heavy (non-hydrogen) atoms. The highest BCUT2D eigenvalue weighted by Gasteiger charge is 2.08. The first-order chi connectivity index (χ1) is 11.9. The highest BCUT2D eigenvalue weighted by Crippen LogP contribution is 2.24. The van der Waals surface area contributed by atoms with E-state index in [2.05, 4.69) is 64.5 Å². The predicted octanol–water partition coefficient (Wildman–Crippen LogP) is 3.74. The summed E-state index contributed by atoms with van der Waals surface area (Å²) in [6.45, 7) is 5.59. The van der Waals surface area contributed by atoms with E-state index in [1.165, 1.54) is 27.1 Å². The first-order valence-corrected chi connectivity index (χ1v) is 8.62. The molecule has 3 aromatic carbocycles. The largest absolute Gasteiger partial charge is 0.379 e. The summed E-state index contributed by atoms with van der Waals surface area (Å²) in [4.78, 5) is 7.07. The number of rotatable bonds is 4. The third-order valence-corrected chi connectivity index (χ3v) is 4.66. The van der Waals surface area contributed by atoms with Crippen molar-refractivity contribution in [2.24, 2.45) is 4.99 Å². The minimum Gasteiger partial charge on any atom is -0.379 e. The maximum absolute atomic E-state index is 5.38. The van der Waals surface area contributed by atoms with Crippen LogP contribution in [0.5, 0.6) is 0 Å². The van der Waals surface area contributed by atoms with Gasteiger partial charge in [0, 0.05) is 31.4 Å². The summed E-state index contributed by atoms with van der Waals surface area (Å²) in [5.74, 6) is 0. The molecule has 3 heteroatoms. The van der Waals surface area contributed by atoms with E-state index in [4.69, 9.17) is 4.74 Å². The fourth-order valence-corrected chi connectivity index (χ4v) is 3.29. The predicted molar refractivity (Wildman–Crippen MR) is 101 cm³/mol. The monoisotopic (exact) mass is 318 g/mol. The van der Waals surface area contributed by atoms with E-state index in [0.29, 0.717) is 0 Å². The number of hydrogen-bond donors (Lipinski definition) is 0. The van der Waals surface area contributed by atoms with Crippen LogP contribution in [0.3, 0.4) is 0 Å². The second kappa shape index (κ2) is 7.12. The lowest BCUT2D eigenvalue weighted by Gasteiger charge is -2.25. The van der Waals surface area contributed by atoms with E-state index in [9.17, 15) is 0 Å². The Bertz CT molecular complexity index is 866. The van der Waals surface area contributed by atoms with Crippen LogP contribution in [0.1, 0.15) is 5.56 Å². The van der Waals surface area contributed by atoms with Crippen molar-refractivity contribution in [1.29, 1.82) is 0 Å². The summed E-state index contributed by atoms with van der Waals surface area (Å²) in [7, 11) is 0. The van der Waals surface area contributed by atoms with Gasteiger partial charge in [-0.3, -0.25) is 9.89 Å². The smallest absolute Gasteiger partial charge is 0.0594 e. The third-order valence-electron chi connectivity index (χ3n) is 4.66. The van der Waals surface area contributed by atoms with Gasteiger partial charge < -0.3 is 4.74 Å². The SMILES string of the molecule is C(=N\CCN1CCOCC1)/c1cccc2cc3ccccc3cc12. The van der Waals surface area contributed by atoms with E-state index in [-0.39, 0.29) is 0 Å². The number of aliphatic imine (C=N–C) groups is 1. The van der Waals surface area contributed by atoms with Crippen LogP contribution in [0.4, 0.5) is 0 Å². The Morgan fingerprint density at radius 2 is 1.67 bits per heavy atom. The summed E-state index contributed by atoms with van der Waals surface area (Å²) in [5.41, 5.74) is 1.19. The molecule has 1 saturated heterocycles. The van der Waals surface area contributed by atoms with Crippen molar-refractivity contribution in [3.63, 3.8) is 0 Å². The summed E-state index contributed by atoms with van der Waals surface area (Å²) >= 11 is 0. The molecule has 3 nitrogen and oxygen atoms in total. The molecule has 1 aliphatic rings. The van der Waals surface area contributed by atoms with E-state index in [0.717, 1.165) is 39.4 Å². The Balaban J connectivity index is 1.54. The minimum absolute atomic E-state index is 0.837. The van der Waals surface area contributed by atoms with Crippen LogP contribution in [0.15, 0.2) is 59.6 Å². The fraction of sp³-hybridized carbons (Fsp3) is 0.286. The lowest BCUT2D eigenvalue weighted by atomic mass is 10.0. The van der Waals surface area contributed by atoms with Crippen molar-refractivity contribution >= 4 is 27.8 Å². The Labute approximate surface area is 142 Å². The number of benzene rings is 3. The molecule has 0 unspecified atom stereocenters. The van der Waals surface area contributed by atoms with Gasteiger partial charge in [0.1, 0.15) is 0 Å². The lowest BCUT2D eigenvalue weighted by molar-refractivity contribution is 0.0395. The molecule has 0 amide bonds. The number of fused-ring (bicyclic) bond motifs is 2. The highest BCUT2D eigenvalue weighted by molar-refractivity contribution is 6.06. The van der Waals surface area contributed by atoms with Crippen LogP contribution in [0.25, 0.3) is 21.5 Å². The molecule has 1 heterocycles. The maximum Gasteiger partial charge on any atom is 0.0594 e. The third kappa shape index (κ3) is 3.32. The molecule has 0 aliphatic carbocycles. The quantitative estimate of drug-likeness (QED) is 0.541. The first-order valence-electron chi connectivity index (χ1n) is 8.62. The van der Waals surface area contributed by atoms with Gasteiger partial charge in [-0.05, 0) is 33.7 Å². The van der Waals surface area contributed by atoms with E-state index in [1.54, 1.807) is 0 Å². The maximum atomic E-state index is 5.38. The Kier molecular flexibility index (Phi) is 4.54. The van der Waals surface area contributed by atoms with Crippen molar-refractivity contribution in [3.8, 4) is 0 Å². The second-order valence-corrected chi connectivity index (χ2v) is 6.26. The summed E-state index contributed by atoms with van der Waals surface area (Å²) in [6, 6.07) is 19.5. The van der Waals surface area contributed by atoms with Gasteiger partial charge in [-0.1, -0.05) is 42.5 Å². The van der Waals surface area contributed by atoms with Crippen LogP contribution in [-0.2, 0) is 4.74 Å². The van der Waals surface area contributed by atoms with E-state index in [1.807, 2.05) is 6.21 Å². The molecule has 4 rings (SSSR count). The summed E-state index contributed by atoms with van der Waals surface area (Å²) < 4.78 is 5.38. The van der Waals surface area contributed by atoms with Gasteiger partial charge in [-0.15, -0.1) is 0 Å². The van der Waals surface area contributed by atoms with Crippen LogP contribution in [0, 0.1) is 0 Å². The molecular formula is C21H22N2O. The van der Waals surface area contributed by atoms with Crippen LogP contribution in [0.2, 0.25) is 0 Å². The molecule has 1 aliphatic heterocycles. The molecule has 0 saturated carbocycles. The summed E-state index contributed by atoms with van der Waals surface area (Å²) in [5, 5.41) is 5.10. The zero-order valence-corrected chi connectivity index (χ0v) is 13.8. The standard InChI is InChI=1S/C21H22N2O/c1-2-5-18-15-21-19(14-17(18)4-1)6-3-7-20(21)16-22-8-9-23-10-12-24-13-11-23/h1-7,14-16H,8-13H2/b22-16+. The van der Waals surface area contributed by atoms with E-state index < -0.39 is 0 Å². The number of nitrogens with zero attached hydrogens (tertiary/aromatic N) is 2. The lowest BCUT2D eigenvalue weighted by Crippen LogP contribution is -2.37. The summed E-state index contributed by atoms with van der Waals surface area (Å²) in [6.07, 6.45) is 2.03. The van der Waals surface area contributed by atoms with Gasteiger partial charge >= 0.3 is 0 Å². The van der Waals surface area contributed by atoms with Crippen molar-refractivity contribution in [2.75, 3.05) is 39.4 Å². The van der Waals surface area contributed by atoms with Gasteiger partial charge in [0.05, 0.1) is 19.8 Å². The molecule has 0 N–H and O–H groups in total. The van der Waals surface area contributed by atoms with Crippen LogP contribution in [-0.4, -0.2) is 50.5 Å². The van der Waals surface area contributed by atoms with Crippen LogP contribution < -0.4 is 0 Å². The molecule has 1 fully saturated rings. The molecule has 0 aromatic heterocycles. The molecular weight excluding hydrogens is 296 g/mol. The number of hydrogen-bond acceptors (Lipinski definition) is 3. The molecule has 0 atom stereocenters. The average molecular weight is 318 g/mol. The second-order valence-electron chi connectivity index (χ2n) is 6.26. The Morgan fingerprint density at radius 1 is 0.917 bits per heavy atom. The topological polar surface area (TPSA) is 24.8 Å². The van der Waals surface area contributed by atoms with Gasteiger partial charge in [0.15, 0.2) is 0 Å². The highest BCUT2D eigenvalue weighted by atomic mass is 16.5. The number of morpholine rings is 1. The van der Waals surface area contributed by atoms with Crippen molar-refractivity contribution in [2.45, 2.75) is 0 Å². The van der Waals surface area contributed by atoms with Crippen LogP contribution >= 0.6 is 0 Å². The van der Waals surface area contributed by atoms with Crippen molar-refractivity contribution < 1.29 is 4.74 Å². The zero-order valence-electron chi connectivity index (χ0n) is 13.8. The molecule has 122 valence electrons. The minimum atomic E-state index is 0.837. The first kappa shape index (κ1) is 15.3. The Hall–Kier alpha value is -2.23. The van der Waals surface area contributed by atoms with Crippen molar-refractivity contribution in [3.05, 3.63) is 60.2 Å². The normalized spacial score (nSPS) is 16.3. The van der Waals surface area contributed by atoms with Gasteiger partial charge in [0.25, 0.3) is 0 Å². The van der Waals surface area contributed by atoms with Gasteiger partial charge in [-0.25, -0.2) is 0 Å².